The summed E-state index contributed by atoms with van der Waals surface area (Å²) in [6.45, 7) is 9.79. The van der Waals surface area contributed by atoms with E-state index in [0.29, 0.717) is 0 Å². The molecule has 3 aromatic rings. The van der Waals surface area contributed by atoms with Crippen LogP contribution in [0.4, 0.5) is 0 Å². The molecule has 0 amide bonds. The van der Waals surface area contributed by atoms with E-state index in [1.54, 1.807) is 17.7 Å². The molecular weight excluding hydrogens is 364 g/mol. The number of carbonyl (C=O) groups excluding carboxylic acids is 1. The summed E-state index contributed by atoms with van der Waals surface area (Å²) >= 11 is 3.02. The van der Waals surface area contributed by atoms with Gasteiger partial charge in [-0.2, -0.15) is 0 Å². The van der Waals surface area contributed by atoms with Gasteiger partial charge in [-0.05, 0) is 51.3 Å². The van der Waals surface area contributed by atoms with Gasteiger partial charge < -0.3 is 4.74 Å². The SMILES string of the molecule is Cc1ccc(-c2csc3ncnc(SC(C)C(=O)OC(C)C)c23)cc1C. The molecule has 3 rings (SSSR count). The molecule has 6 heteroatoms. The number of carbonyl (C=O) groups is 1. The summed E-state index contributed by atoms with van der Waals surface area (Å²) < 4.78 is 5.32. The van der Waals surface area contributed by atoms with Gasteiger partial charge in [0.1, 0.15) is 21.4 Å². The zero-order valence-corrected chi connectivity index (χ0v) is 17.2. The Morgan fingerprint density at radius 3 is 2.62 bits per heavy atom. The molecule has 26 heavy (non-hydrogen) atoms. The monoisotopic (exact) mass is 386 g/mol. The Kier molecular flexibility index (Phi) is 5.63. The van der Waals surface area contributed by atoms with Gasteiger partial charge in [-0.25, -0.2) is 9.97 Å². The summed E-state index contributed by atoms with van der Waals surface area (Å²) in [5, 5.41) is 3.61. The van der Waals surface area contributed by atoms with Crippen LogP contribution in [0.5, 0.6) is 0 Å². The lowest BCUT2D eigenvalue weighted by molar-refractivity contribution is -0.146. The van der Waals surface area contributed by atoms with Crippen molar-refractivity contribution in [1.29, 1.82) is 0 Å². The maximum Gasteiger partial charge on any atom is 0.319 e. The second-order valence-electron chi connectivity index (χ2n) is 6.55. The number of thioether (sulfide) groups is 1. The predicted octanol–water partition coefficient (Wildman–Crippen LogP) is 5.41. The first-order valence-corrected chi connectivity index (χ1v) is 10.3. The fraction of sp³-hybridized carbons (Fsp3) is 0.350. The van der Waals surface area contributed by atoms with Gasteiger partial charge >= 0.3 is 5.97 Å². The molecule has 0 bridgehead atoms. The van der Waals surface area contributed by atoms with E-state index < -0.39 is 0 Å². The number of rotatable bonds is 5. The molecule has 1 aromatic carbocycles. The molecule has 0 aliphatic heterocycles. The van der Waals surface area contributed by atoms with Gasteiger partial charge in [-0.3, -0.25) is 4.79 Å². The second-order valence-corrected chi connectivity index (χ2v) is 8.74. The first-order valence-electron chi connectivity index (χ1n) is 8.53. The van der Waals surface area contributed by atoms with Crippen LogP contribution in [-0.2, 0) is 9.53 Å². The lowest BCUT2D eigenvalue weighted by Crippen LogP contribution is -2.20. The topological polar surface area (TPSA) is 52.1 Å². The first kappa shape index (κ1) is 18.9. The van der Waals surface area contributed by atoms with Crippen LogP contribution in [0.25, 0.3) is 21.3 Å². The molecule has 0 fully saturated rings. The fourth-order valence-corrected chi connectivity index (χ4v) is 4.50. The molecule has 136 valence electrons. The van der Waals surface area contributed by atoms with E-state index in [0.717, 1.165) is 26.4 Å². The van der Waals surface area contributed by atoms with Crippen LogP contribution in [0.2, 0.25) is 0 Å². The van der Waals surface area contributed by atoms with E-state index >= 15 is 0 Å². The van der Waals surface area contributed by atoms with E-state index in [2.05, 4.69) is 47.4 Å². The Labute approximate surface area is 162 Å². The van der Waals surface area contributed by atoms with Crippen molar-refractivity contribution in [2.75, 3.05) is 0 Å². The smallest absolute Gasteiger partial charge is 0.319 e. The molecule has 0 saturated heterocycles. The molecule has 0 aliphatic carbocycles. The standard InChI is InChI=1S/C20H22N2O2S2/c1-11(2)24-20(23)14(5)26-19-17-16(9-25-18(17)21-10-22-19)15-7-6-12(3)13(4)8-15/h6-11,14H,1-5H3. The summed E-state index contributed by atoms with van der Waals surface area (Å²) in [6, 6.07) is 6.45. The highest BCUT2D eigenvalue weighted by atomic mass is 32.2. The Hall–Kier alpha value is -1.92. The van der Waals surface area contributed by atoms with Crippen molar-refractivity contribution in [3.05, 3.63) is 41.0 Å². The van der Waals surface area contributed by atoms with Crippen molar-refractivity contribution in [3.63, 3.8) is 0 Å². The van der Waals surface area contributed by atoms with Crippen molar-refractivity contribution < 1.29 is 9.53 Å². The van der Waals surface area contributed by atoms with Gasteiger partial charge in [0, 0.05) is 10.9 Å². The van der Waals surface area contributed by atoms with Gasteiger partial charge in [0.2, 0.25) is 0 Å². The summed E-state index contributed by atoms with van der Waals surface area (Å²) in [4.78, 5) is 22.0. The summed E-state index contributed by atoms with van der Waals surface area (Å²) in [5.74, 6) is -0.222. The van der Waals surface area contributed by atoms with E-state index in [4.69, 9.17) is 4.74 Å². The zero-order chi connectivity index (χ0) is 18.8. The van der Waals surface area contributed by atoms with Crippen LogP contribution in [0, 0.1) is 13.8 Å². The lowest BCUT2D eigenvalue weighted by atomic mass is 10.0. The number of aromatic nitrogens is 2. The molecule has 1 unspecified atom stereocenters. The average molecular weight is 387 g/mol. The quantitative estimate of drug-likeness (QED) is 0.333. The number of fused-ring (bicyclic) bond motifs is 1. The largest absolute Gasteiger partial charge is 0.462 e. The number of nitrogens with zero attached hydrogens (tertiary/aromatic N) is 2. The Morgan fingerprint density at radius 1 is 1.15 bits per heavy atom. The van der Waals surface area contributed by atoms with Crippen LogP contribution >= 0.6 is 23.1 Å². The van der Waals surface area contributed by atoms with Crippen LogP contribution < -0.4 is 0 Å². The third kappa shape index (κ3) is 3.91. The van der Waals surface area contributed by atoms with Gasteiger partial charge in [0.25, 0.3) is 0 Å². The minimum Gasteiger partial charge on any atom is -0.462 e. The van der Waals surface area contributed by atoms with Crippen molar-refractivity contribution >= 4 is 39.3 Å². The van der Waals surface area contributed by atoms with Crippen LogP contribution in [0.1, 0.15) is 31.9 Å². The zero-order valence-electron chi connectivity index (χ0n) is 15.6. The number of benzene rings is 1. The first-order chi connectivity index (χ1) is 12.4. The number of hydrogen-bond donors (Lipinski definition) is 0. The lowest BCUT2D eigenvalue weighted by Gasteiger charge is -2.14. The maximum absolute atomic E-state index is 12.2. The van der Waals surface area contributed by atoms with Crippen LogP contribution in [0.3, 0.4) is 0 Å². The Morgan fingerprint density at radius 2 is 1.92 bits per heavy atom. The third-order valence-electron chi connectivity index (χ3n) is 4.13. The molecule has 0 spiro atoms. The minimum atomic E-state index is -0.331. The van der Waals surface area contributed by atoms with E-state index in [1.165, 1.54) is 22.9 Å². The number of aryl methyl sites for hydroxylation is 2. The molecule has 2 aromatic heterocycles. The molecule has 0 saturated carbocycles. The second kappa shape index (κ2) is 7.76. The number of esters is 1. The Balaban J connectivity index is 2.00. The number of thiophene rings is 1. The molecule has 0 aliphatic rings. The van der Waals surface area contributed by atoms with Crippen molar-refractivity contribution in [1.82, 2.24) is 9.97 Å². The van der Waals surface area contributed by atoms with E-state index in [9.17, 15) is 4.79 Å². The average Bonchev–Trinajstić information content (AvgIpc) is 3.02. The van der Waals surface area contributed by atoms with Crippen molar-refractivity contribution in [3.8, 4) is 11.1 Å². The van der Waals surface area contributed by atoms with Crippen molar-refractivity contribution in [2.45, 2.75) is 51.0 Å². The molecule has 1 atom stereocenters. The fourth-order valence-electron chi connectivity index (χ4n) is 2.60. The number of hydrogen-bond acceptors (Lipinski definition) is 6. The molecule has 0 radical (unpaired) electrons. The van der Waals surface area contributed by atoms with Gasteiger partial charge in [-0.1, -0.05) is 30.0 Å². The van der Waals surface area contributed by atoms with Gasteiger partial charge in [0.05, 0.1) is 11.5 Å². The van der Waals surface area contributed by atoms with Crippen molar-refractivity contribution in [2.24, 2.45) is 0 Å². The molecule has 4 nitrogen and oxygen atoms in total. The predicted molar refractivity (Wildman–Crippen MR) is 109 cm³/mol. The summed E-state index contributed by atoms with van der Waals surface area (Å²) in [6.07, 6.45) is 1.44. The van der Waals surface area contributed by atoms with Crippen LogP contribution in [-0.4, -0.2) is 27.3 Å². The molecular formula is C20H22N2O2S2. The minimum absolute atomic E-state index is 0.122. The van der Waals surface area contributed by atoms with Gasteiger partial charge in [-0.15, -0.1) is 11.3 Å². The highest BCUT2D eigenvalue weighted by Crippen LogP contribution is 2.39. The molecule has 0 N–H and O–H groups in total. The van der Waals surface area contributed by atoms with E-state index in [1.807, 2.05) is 20.8 Å². The van der Waals surface area contributed by atoms with Crippen LogP contribution in [0.15, 0.2) is 34.9 Å². The highest BCUT2D eigenvalue weighted by molar-refractivity contribution is 8.00. The highest BCUT2D eigenvalue weighted by Gasteiger charge is 2.21. The number of ether oxygens (including phenoxy) is 1. The van der Waals surface area contributed by atoms with E-state index in [-0.39, 0.29) is 17.3 Å². The van der Waals surface area contributed by atoms with Gasteiger partial charge in [0.15, 0.2) is 0 Å². The Bertz CT molecular complexity index is 950. The summed E-state index contributed by atoms with van der Waals surface area (Å²) in [7, 11) is 0. The normalized spacial score (nSPS) is 12.5. The third-order valence-corrected chi connectivity index (χ3v) is 6.09. The maximum atomic E-state index is 12.2. The molecule has 2 heterocycles. The summed E-state index contributed by atoms with van der Waals surface area (Å²) in [5.41, 5.74) is 4.78.